The summed E-state index contributed by atoms with van der Waals surface area (Å²) in [4.78, 5) is 37.1. The second-order valence-corrected chi connectivity index (χ2v) is 13.2. The first-order valence-corrected chi connectivity index (χ1v) is 15.2. The Balaban J connectivity index is 1.16. The fraction of sp³-hybridized carbons (Fsp3) is 0.364. The maximum atomic E-state index is 13.4. The van der Waals surface area contributed by atoms with E-state index in [-0.39, 0.29) is 42.1 Å². The Labute approximate surface area is 259 Å². The van der Waals surface area contributed by atoms with Crippen molar-refractivity contribution >= 4 is 52.5 Å². The van der Waals surface area contributed by atoms with Crippen LogP contribution in [0.1, 0.15) is 48.2 Å². The fourth-order valence-electron chi connectivity index (χ4n) is 6.52. The Hall–Kier alpha value is -3.28. The van der Waals surface area contributed by atoms with Gasteiger partial charge in [-0.25, -0.2) is 7.91 Å². The normalized spacial score (nSPS) is 25.3. The standard InChI is InChI=1S/C33H34IN3O5/c1-19-15-21(18-38)10-13-24(19)35-27(39)14-11-20-9-12-23(22-7-5-4-6-8-22)25(16-20)36-32(40)41-26-17-33(2,3)31-30-29(42-30)28(26)37(31)34/h4-10,12-13,15-16,18,26,28-31H,11,14,17H2,1-3H3,(H,35,39)(H,36,40). The molecular formula is C33H34IN3O5. The number of rotatable bonds is 8. The van der Waals surface area contributed by atoms with Gasteiger partial charge in [0.2, 0.25) is 5.91 Å². The molecule has 0 saturated carbocycles. The Morgan fingerprint density at radius 3 is 2.57 bits per heavy atom. The zero-order valence-electron chi connectivity index (χ0n) is 23.8. The molecule has 0 aromatic heterocycles. The first-order valence-electron chi connectivity index (χ1n) is 14.3. The Morgan fingerprint density at radius 1 is 1.05 bits per heavy atom. The molecule has 2 N–H and O–H groups in total. The van der Waals surface area contributed by atoms with E-state index in [9.17, 15) is 14.4 Å². The maximum Gasteiger partial charge on any atom is 0.411 e. The van der Waals surface area contributed by atoms with Crippen LogP contribution in [0.25, 0.3) is 11.1 Å². The van der Waals surface area contributed by atoms with E-state index in [0.29, 0.717) is 29.4 Å². The van der Waals surface area contributed by atoms with E-state index in [1.807, 2.05) is 55.5 Å². The number of hydrogen-bond acceptors (Lipinski definition) is 6. The molecule has 3 saturated heterocycles. The molecule has 8 nitrogen and oxygen atoms in total. The molecule has 0 spiro atoms. The maximum absolute atomic E-state index is 13.4. The number of halogens is 1. The minimum atomic E-state index is -0.496. The summed E-state index contributed by atoms with van der Waals surface area (Å²) in [6.45, 7) is 6.29. The second kappa shape index (κ2) is 11.4. The molecule has 6 rings (SSSR count). The van der Waals surface area contributed by atoms with E-state index in [4.69, 9.17) is 9.47 Å². The molecule has 3 heterocycles. The number of aldehydes is 1. The minimum Gasteiger partial charge on any atom is -0.444 e. The highest BCUT2D eigenvalue weighted by atomic mass is 127. The first kappa shape index (κ1) is 28.8. The van der Waals surface area contributed by atoms with Crippen molar-refractivity contribution in [3.8, 4) is 11.1 Å². The average Bonchev–Trinajstić information content (AvgIpc) is 3.67. The monoisotopic (exact) mass is 679 g/mol. The van der Waals surface area contributed by atoms with Gasteiger partial charge in [-0.1, -0.05) is 56.3 Å². The number of hydrogen-bond donors (Lipinski definition) is 2. The van der Waals surface area contributed by atoms with Crippen molar-refractivity contribution < 1.29 is 23.9 Å². The van der Waals surface area contributed by atoms with Crippen molar-refractivity contribution in [1.82, 2.24) is 3.11 Å². The highest BCUT2D eigenvalue weighted by Crippen LogP contribution is 2.57. The fourth-order valence-corrected chi connectivity index (χ4v) is 8.27. The lowest BCUT2D eigenvalue weighted by molar-refractivity contribution is -0.116. The Morgan fingerprint density at radius 2 is 1.83 bits per heavy atom. The molecule has 3 aliphatic heterocycles. The number of epoxide rings is 1. The van der Waals surface area contributed by atoms with Crippen molar-refractivity contribution in [1.29, 1.82) is 0 Å². The number of ether oxygens (including phenoxy) is 2. The number of carbonyl (C=O) groups is 3. The predicted molar refractivity (Wildman–Crippen MR) is 170 cm³/mol. The van der Waals surface area contributed by atoms with Gasteiger partial charge in [0.25, 0.3) is 0 Å². The van der Waals surface area contributed by atoms with E-state index in [1.54, 1.807) is 18.2 Å². The van der Waals surface area contributed by atoms with Crippen LogP contribution in [0.2, 0.25) is 0 Å². The van der Waals surface area contributed by atoms with Gasteiger partial charge < -0.3 is 14.8 Å². The number of anilines is 2. The van der Waals surface area contributed by atoms with E-state index in [0.717, 1.165) is 35.0 Å². The Kier molecular flexibility index (Phi) is 7.84. The topological polar surface area (TPSA) is 100 Å². The molecule has 2 amide bonds. The number of morpholine rings is 1. The largest absolute Gasteiger partial charge is 0.444 e. The third-order valence-corrected chi connectivity index (χ3v) is 9.88. The number of carbonyl (C=O) groups excluding carboxylic acids is 3. The zero-order valence-corrected chi connectivity index (χ0v) is 26.0. The van der Waals surface area contributed by atoms with Crippen LogP contribution < -0.4 is 10.6 Å². The van der Waals surface area contributed by atoms with E-state index in [1.165, 1.54) is 0 Å². The molecule has 42 heavy (non-hydrogen) atoms. The third kappa shape index (κ3) is 5.69. The van der Waals surface area contributed by atoms with Crippen LogP contribution in [-0.4, -0.2) is 51.8 Å². The summed E-state index contributed by atoms with van der Waals surface area (Å²) in [5.74, 6) is -0.128. The zero-order chi connectivity index (χ0) is 29.6. The van der Waals surface area contributed by atoms with Crippen molar-refractivity contribution in [2.45, 2.75) is 70.4 Å². The number of nitrogens with one attached hydrogen (secondary N) is 2. The molecular weight excluding hydrogens is 645 g/mol. The molecule has 3 aromatic carbocycles. The predicted octanol–water partition coefficient (Wildman–Crippen LogP) is 6.56. The lowest BCUT2D eigenvalue weighted by Gasteiger charge is -2.46. The molecule has 5 unspecified atom stereocenters. The minimum absolute atomic E-state index is 0.0384. The summed E-state index contributed by atoms with van der Waals surface area (Å²) in [5, 5.41) is 5.95. The van der Waals surface area contributed by atoms with E-state index >= 15 is 0 Å². The van der Waals surface area contributed by atoms with Crippen LogP contribution in [0.15, 0.2) is 66.7 Å². The van der Waals surface area contributed by atoms with Gasteiger partial charge in [0.1, 0.15) is 24.6 Å². The molecule has 5 atom stereocenters. The van der Waals surface area contributed by atoms with Crippen molar-refractivity contribution in [2.75, 3.05) is 10.6 Å². The van der Waals surface area contributed by atoms with Crippen molar-refractivity contribution in [2.24, 2.45) is 5.41 Å². The number of nitrogens with zero attached hydrogens (tertiary/aromatic N) is 1. The lowest BCUT2D eigenvalue weighted by atomic mass is 9.77. The van der Waals surface area contributed by atoms with Gasteiger partial charge >= 0.3 is 6.09 Å². The molecule has 3 aromatic rings. The average molecular weight is 680 g/mol. The highest BCUT2D eigenvalue weighted by molar-refractivity contribution is 14.1. The number of fused-ring (bicyclic) bond motifs is 5. The summed E-state index contributed by atoms with van der Waals surface area (Å²) >= 11 is 2.37. The lowest BCUT2D eigenvalue weighted by Crippen LogP contribution is -2.56. The van der Waals surface area contributed by atoms with E-state index < -0.39 is 6.09 Å². The van der Waals surface area contributed by atoms with Crippen LogP contribution >= 0.6 is 22.9 Å². The number of piperidine rings is 1. The summed E-state index contributed by atoms with van der Waals surface area (Å²) < 4.78 is 14.3. The molecule has 9 heteroatoms. The SMILES string of the molecule is Cc1cc(C=O)ccc1NC(=O)CCc1ccc(-c2ccccc2)c(NC(=O)OC2CC(C)(C)C3C4OC4C2N3I)c1. The summed E-state index contributed by atoms with van der Waals surface area (Å²) in [5.41, 5.74) is 5.43. The van der Waals surface area contributed by atoms with Gasteiger partial charge in [-0.15, -0.1) is 0 Å². The van der Waals surface area contributed by atoms with Gasteiger partial charge in [-0.2, -0.15) is 0 Å². The smallest absolute Gasteiger partial charge is 0.411 e. The Bertz CT molecular complexity index is 1530. The molecule has 3 fully saturated rings. The van der Waals surface area contributed by atoms with E-state index in [2.05, 4.69) is 50.5 Å². The molecule has 0 radical (unpaired) electrons. The summed E-state index contributed by atoms with van der Waals surface area (Å²) in [6.07, 6.45) is 1.88. The number of aryl methyl sites for hydroxylation is 2. The second-order valence-electron chi connectivity index (χ2n) is 12.1. The third-order valence-electron chi connectivity index (χ3n) is 8.63. The summed E-state index contributed by atoms with van der Waals surface area (Å²) in [7, 11) is 0. The molecule has 0 aliphatic carbocycles. The van der Waals surface area contributed by atoms with Crippen LogP contribution in [0.4, 0.5) is 16.2 Å². The molecule has 2 bridgehead atoms. The quantitative estimate of drug-likeness (QED) is 0.121. The van der Waals surface area contributed by atoms with Crippen LogP contribution in [0.5, 0.6) is 0 Å². The van der Waals surface area contributed by atoms with Crippen LogP contribution in [-0.2, 0) is 20.7 Å². The summed E-state index contributed by atoms with van der Waals surface area (Å²) in [6, 6.07) is 21.3. The van der Waals surface area contributed by atoms with Gasteiger partial charge in [-0.3, -0.25) is 14.9 Å². The van der Waals surface area contributed by atoms with Gasteiger partial charge in [0, 0.05) is 46.1 Å². The van der Waals surface area contributed by atoms with Gasteiger partial charge in [0.15, 0.2) is 0 Å². The van der Waals surface area contributed by atoms with Crippen molar-refractivity contribution in [3.05, 3.63) is 83.4 Å². The van der Waals surface area contributed by atoms with Gasteiger partial charge in [0.05, 0.1) is 17.8 Å². The number of benzene rings is 3. The first-order chi connectivity index (χ1) is 20.1. The molecule has 3 aliphatic rings. The van der Waals surface area contributed by atoms with Crippen molar-refractivity contribution in [3.63, 3.8) is 0 Å². The highest BCUT2D eigenvalue weighted by Gasteiger charge is 2.70. The van der Waals surface area contributed by atoms with Crippen LogP contribution in [0, 0.1) is 12.3 Å². The number of amides is 2. The van der Waals surface area contributed by atoms with Gasteiger partial charge in [-0.05, 0) is 66.1 Å². The van der Waals surface area contributed by atoms with Crippen LogP contribution in [0.3, 0.4) is 0 Å². The molecule has 218 valence electrons.